The van der Waals surface area contributed by atoms with Crippen molar-refractivity contribution in [3.63, 3.8) is 0 Å². The second-order valence-corrected chi connectivity index (χ2v) is 9.67. The third-order valence-corrected chi connectivity index (χ3v) is 7.50. The van der Waals surface area contributed by atoms with Crippen molar-refractivity contribution in [2.75, 3.05) is 19.6 Å². The van der Waals surface area contributed by atoms with Crippen LogP contribution in [0.5, 0.6) is 0 Å². The minimum Gasteiger partial charge on any atom is -0.342 e. The second kappa shape index (κ2) is 8.16. The molecule has 1 unspecified atom stereocenters. The maximum absolute atomic E-state index is 12.7. The van der Waals surface area contributed by atoms with Crippen LogP contribution in [0.15, 0.2) is 4.79 Å². The third kappa shape index (κ3) is 4.03. The highest BCUT2D eigenvalue weighted by Crippen LogP contribution is 2.33. The summed E-state index contributed by atoms with van der Waals surface area (Å²) in [6, 6.07) is 0. The first kappa shape index (κ1) is 19.8. The molecule has 0 aromatic carbocycles. The Bertz CT molecular complexity index is 885. The summed E-state index contributed by atoms with van der Waals surface area (Å²) in [4.78, 5) is 49.3. The molecule has 1 saturated heterocycles. The van der Waals surface area contributed by atoms with Crippen LogP contribution in [0.4, 0.5) is 0 Å². The summed E-state index contributed by atoms with van der Waals surface area (Å²) >= 11 is 0. The summed E-state index contributed by atoms with van der Waals surface area (Å²) in [5.74, 6) is 2.13. The van der Waals surface area contributed by atoms with Crippen molar-refractivity contribution in [1.82, 2.24) is 19.8 Å². The number of nitrogens with zero attached hydrogens (tertiary/aromatic N) is 3. The van der Waals surface area contributed by atoms with Gasteiger partial charge in [0, 0.05) is 43.5 Å². The van der Waals surface area contributed by atoms with Gasteiger partial charge in [0.2, 0.25) is 11.8 Å². The fraction of sp³-hybridized carbons (Fsp3) is 0.739. The van der Waals surface area contributed by atoms with Crippen LogP contribution in [0.1, 0.15) is 80.8 Å². The van der Waals surface area contributed by atoms with Crippen molar-refractivity contribution in [2.45, 2.75) is 76.7 Å². The molecule has 7 nitrogen and oxygen atoms in total. The first-order valence-corrected chi connectivity index (χ1v) is 11.8. The Kier molecular flexibility index (Phi) is 5.37. The number of aromatic amines is 1. The topological polar surface area (TPSA) is 86.4 Å². The number of likely N-dealkylation sites (tertiary alicyclic amines) is 1. The minimum atomic E-state index is -0.0699. The van der Waals surface area contributed by atoms with E-state index in [0.29, 0.717) is 38.3 Å². The molecule has 2 amide bonds. The van der Waals surface area contributed by atoms with Gasteiger partial charge in [-0.25, -0.2) is 4.98 Å². The number of carbonyl (C=O) groups is 2. The molecule has 30 heavy (non-hydrogen) atoms. The molecule has 1 atom stereocenters. The smallest absolute Gasteiger partial charge is 0.254 e. The molecule has 2 saturated carbocycles. The molecule has 3 fully saturated rings. The number of fused-ring (bicyclic) bond motifs is 1. The van der Waals surface area contributed by atoms with Crippen molar-refractivity contribution in [2.24, 2.45) is 11.8 Å². The third-order valence-electron chi connectivity index (χ3n) is 7.50. The highest BCUT2D eigenvalue weighted by molar-refractivity contribution is 5.81. The van der Waals surface area contributed by atoms with Gasteiger partial charge in [0.1, 0.15) is 5.82 Å². The zero-order chi connectivity index (χ0) is 20.7. The largest absolute Gasteiger partial charge is 0.342 e. The number of amides is 2. The summed E-state index contributed by atoms with van der Waals surface area (Å²) < 4.78 is 0. The highest BCUT2D eigenvalue weighted by Gasteiger charge is 2.36. The molecule has 3 heterocycles. The van der Waals surface area contributed by atoms with Gasteiger partial charge in [-0.1, -0.05) is 25.7 Å². The molecule has 5 rings (SSSR count). The molecule has 162 valence electrons. The van der Waals surface area contributed by atoms with Crippen LogP contribution in [0.3, 0.4) is 0 Å². The molecule has 0 spiro atoms. The SMILES string of the molecule is O=C(CCC1CCCC1)N1CCC(c2nc3c(c(=O)[nH]2)CCN(C(=O)C2CC2)C3)C1. The van der Waals surface area contributed by atoms with Crippen molar-refractivity contribution < 1.29 is 9.59 Å². The molecule has 1 aromatic heterocycles. The Morgan fingerprint density at radius 3 is 2.60 bits per heavy atom. The number of hydrogen-bond donors (Lipinski definition) is 1. The lowest BCUT2D eigenvalue weighted by atomic mass is 10.0. The Morgan fingerprint density at radius 2 is 1.83 bits per heavy atom. The molecular weight excluding hydrogens is 380 g/mol. The van der Waals surface area contributed by atoms with Gasteiger partial charge in [-0.05, 0) is 38.0 Å². The number of aromatic nitrogens is 2. The van der Waals surface area contributed by atoms with Gasteiger partial charge >= 0.3 is 0 Å². The summed E-state index contributed by atoms with van der Waals surface area (Å²) in [6.45, 7) is 2.43. The van der Waals surface area contributed by atoms with Gasteiger partial charge in [0.05, 0.1) is 12.2 Å². The quantitative estimate of drug-likeness (QED) is 0.804. The maximum Gasteiger partial charge on any atom is 0.254 e. The van der Waals surface area contributed by atoms with E-state index in [4.69, 9.17) is 4.98 Å². The molecule has 2 aliphatic heterocycles. The normalized spacial score (nSPS) is 24.3. The zero-order valence-corrected chi connectivity index (χ0v) is 17.7. The maximum atomic E-state index is 12.7. The van der Waals surface area contributed by atoms with Gasteiger partial charge in [-0.3, -0.25) is 14.4 Å². The summed E-state index contributed by atoms with van der Waals surface area (Å²) in [5.41, 5.74) is 1.40. The highest BCUT2D eigenvalue weighted by atomic mass is 16.2. The summed E-state index contributed by atoms with van der Waals surface area (Å²) in [7, 11) is 0. The first-order chi connectivity index (χ1) is 14.6. The Morgan fingerprint density at radius 1 is 1.03 bits per heavy atom. The number of carbonyl (C=O) groups excluding carboxylic acids is 2. The van der Waals surface area contributed by atoms with Gasteiger partial charge in [-0.2, -0.15) is 0 Å². The number of rotatable bonds is 5. The van der Waals surface area contributed by atoms with Gasteiger partial charge in [0.25, 0.3) is 5.56 Å². The van der Waals surface area contributed by atoms with Gasteiger partial charge < -0.3 is 14.8 Å². The molecule has 1 aromatic rings. The summed E-state index contributed by atoms with van der Waals surface area (Å²) in [6.07, 6.45) is 10.2. The van der Waals surface area contributed by atoms with Crippen molar-refractivity contribution in [3.05, 3.63) is 27.4 Å². The Labute approximate surface area is 177 Å². The predicted octanol–water partition coefficient (Wildman–Crippen LogP) is 2.35. The van der Waals surface area contributed by atoms with Gasteiger partial charge in [-0.15, -0.1) is 0 Å². The molecule has 0 radical (unpaired) electrons. The van der Waals surface area contributed by atoms with E-state index in [1.807, 2.05) is 9.80 Å². The number of nitrogens with one attached hydrogen (secondary N) is 1. The number of hydrogen-bond acceptors (Lipinski definition) is 4. The van der Waals surface area contributed by atoms with E-state index < -0.39 is 0 Å². The van der Waals surface area contributed by atoms with Crippen molar-refractivity contribution in [3.8, 4) is 0 Å². The molecular formula is C23H32N4O3. The van der Waals surface area contributed by atoms with E-state index in [9.17, 15) is 14.4 Å². The first-order valence-electron chi connectivity index (χ1n) is 11.8. The van der Waals surface area contributed by atoms with Crippen LogP contribution in [-0.4, -0.2) is 51.2 Å². The van der Waals surface area contributed by atoms with Crippen LogP contribution >= 0.6 is 0 Å². The Hall–Kier alpha value is -2.18. The number of H-pyrrole nitrogens is 1. The second-order valence-electron chi connectivity index (χ2n) is 9.67. The van der Waals surface area contributed by atoms with E-state index in [-0.39, 0.29) is 29.2 Å². The molecule has 4 aliphatic rings. The van der Waals surface area contributed by atoms with E-state index >= 15 is 0 Å². The summed E-state index contributed by atoms with van der Waals surface area (Å²) in [5, 5.41) is 0. The molecule has 2 aliphatic carbocycles. The molecule has 1 N–H and O–H groups in total. The standard InChI is InChI=1S/C23H32N4O3/c28-20(8-5-15-3-1-2-4-15)26-11-9-17(13-26)21-24-19-14-27(23(30)16-6-7-16)12-10-18(19)22(29)25-21/h15-17H,1-14H2,(H,24,25,29). The van der Waals surface area contributed by atoms with E-state index in [1.54, 1.807) is 0 Å². The van der Waals surface area contributed by atoms with Crippen LogP contribution in [0.2, 0.25) is 0 Å². The monoisotopic (exact) mass is 412 g/mol. The lowest BCUT2D eigenvalue weighted by Gasteiger charge is -2.28. The lowest BCUT2D eigenvalue weighted by molar-refractivity contribution is -0.133. The minimum absolute atomic E-state index is 0.0699. The predicted molar refractivity (Wildman–Crippen MR) is 112 cm³/mol. The van der Waals surface area contributed by atoms with Gasteiger partial charge in [0.15, 0.2) is 0 Å². The van der Waals surface area contributed by atoms with Crippen LogP contribution in [0.25, 0.3) is 0 Å². The fourth-order valence-corrected chi connectivity index (χ4v) is 5.42. The zero-order valence-electron chi connectivity index (χ0n) is 17.7. The Balaban J connectivity index is 1.23. The van der Waals surface area contributed by atoms with Crippen LogP contribution in [0, 0.1) is 11.8 Å². The fourth-order valence-electron chi connectivity index (χ4n) is 5.42. The average Bonchev–Trinajstić information content (AvgIpc) is 3.25. The van der Waals surface area contributed by atoms with Crippen LogP contribution < -0.4 is 5.56 Å². The van der Waals surface area contributed by atoms with Crippen molar-refractivity contribution >= 4 is 11.8 Å². The van der Waals surface area contributed by atoms with E-state index in [0.717, 1.165) is 49.4 Å². The van der Waals surface area contributed by atoms with E-state index in [2.05, 4.69) is 4.98 Å². The van der Waals surface area contributed by atoms with Crippen molar-refractivity contribution in [1.29, 1.82) is 0 Å². The lowest BCUT2D eigenvalue weighted by Crippen LogP contribution is -2.40. The van der Waals surface area contributed by atoms with E-state index in [1.165, 1.54) is 25.7 Å². The molecule has 7 heteroatoms. The molecule has 0 bridgehead atoms. The van der Waals surface area contributed by atoms with Crippen LogP contribution in [-0.2, 0) is 22.6 Å². The average molecular weight is 413 g/mol.